The molecule has 2 aromatic rings. The number of imidazole rings is 1. The number of aryl methyl sites for hydroxylation is 1. The normalized spacial score (nSPS) is 10.8. The highest BCUT2D eigenvalue weighted by Crippen LogP contribution is 2.17. The number of anilines is 1. The summed E-state index contributed by atoms with van der Waals surface area (Å²) >= 11 is 0. The Balaban J connectivity index is 2.73. The van der Waals surface area contributed by atoms with Gasteiger partial charge in [0.2, 0.25) is 0 Å². The van der Waals surface area contributed by atoms with Gasteiger partial charge in [-0.3, -0.25) is 4.57 Å². The molecule has 0 unspecified atom stereocenters. The third kappa shape index (κ3) is 1.19. The molecule has 0 saturated heterocycles. The molecule has 2 rings (SSSR count). The van der Waals surface area contributed by atoms with Crippen LogP contribution in [0.4, 0.5) is 5.69 Å². The summed E-state index contributed by atoms with van der Waals surface area (Å²) in [6, 6.07) is 5.91. The topological polar surface area (TPSA) is 41.0 Å². The maximum atomic E-state index is 11.3. The van der Waals surface area contributed by atoms with Gasteiger partial charge >= 0.3 is 5.69 Å². The van der Waals surface area contributed by atoms with E-state index in [0.717, 1.165) is 16.7 Å². The van der Waals surface area contributed by atoms with Crippen LogP contribution in [-0.4, -0.2) is 23.6 Å². The molecule has 74 valence electrons. The Labute approximate surface area is 81.8 Å². The van der Waals surface area contributed by atoms with Gasteiger partial charge in [0.15, 0.2) is 0 Å². The number of H-pyrrole nitrogens is 1. The fraction of sp³-hybridized carbons (Fsp3) is 0.300. The van der Waals surface area contributed by atoms with Crippen molar-refractivity contribution in [2.24, 2.45) is 7.05 Å². The van der Waals surface area contributed by atoms with Crippen molar-refractivity contribution in [2.45, 2.75) is 0 Å². The van der Waals surface area contributed by atoms with Crippen LogP contribution in [0.1, 0.15) is 0 Å². The SMILES string of the molecule is CN(C)c1ccc2c(c1)[nH]c(=O)n2C. The zero-order valence-corrected chi connectivity index (χ0v) is 8.53. The third-order valence-corrected chi connectivity index (χ3v) is 2.40. The summed E-state index contributed by atoms with van der Waals surface area (Å²) in [6.45, 7) is 0. The summed E-state index contributed by atoms with van der Waals surface area (Å²) in [5.41, 5.74) is 2.82. The van der Waals surface area contributed by atoms with Crippen LogP contribution in [0.15, 0.2) is 23.0 Å². The van der Waals surface area contributed by atoms with Crippen LogP contribution in [0.2, 0.25) is 0 Å². The maximum Gasteiger partial charge on any atom is 0.326 e. The molecule has 4 nitrogen and oxygen atoms in total. The summed E-state index contributed by atoms with van der Waals surface area (Å²) in [5.74, 6) is 0. The van der Waals surface area contributed by atoms with Gasteiger partial charge in [-0.1, -0.05) is 0 Å². The number of nitrogens with zero attached hydrogens (tertiary/aromatic N) is 2. The molecule has 0 bridgehead atoms. The number of fused-ring (bicyclic) bond motifs is 1. The zero-order valence-electron chi connectivity index (χ0n) is 8.53. The molecule has 0 spiro atoms. The predicted molar refractivity (Wildman–Crippen MR) is 57.9 cm³/mol. The van der Waals surface area contributed by atoms with Crippen molar-refractivity contribution >= 4 is 16.7 Å². The molecule has 4 heteroatoms. The van der Waals surface area contributed by atoms with Crippen molar-refractivity contribution in [2.75, 3.05) is 19.0 Å². The second kappa shape index (κ2) is 2.90. The van der Waals surface area contributed by atoms with Gasteiger partial charge in [-0.25, -0.2) is 4.79 Å². The Morgan fingerprint density at radius 2 is 2.07 bits per heavy atom. The minimum Gasteiger partial charge on any atom is -0.378 e. The van der Waals surface area contributed by atoms with E-state index in [-0.39, 0.29) is 5.69 Å². The van der Waals surface area contributed by atoms with E-state index in [9.17, 15) is 4.79 Å². The zero-order chi connectivity index (χ0) is 10.3. The summed E-state index contributed by atoms with van der Waals surface area (Å²) < 4.78 is 1.61. The number of aromatic nitrogens is 2. The molecule has 0 amide bonds. The van der Waals surface area contributed by atoms with Gasteiger partial charge in [0, 0.05) is 26.8 Å². The summed E-state index contributed by atoms with van der Waals surface area (Å²) in [4.78, 5) is 16.1. The molecule has 0 aliphatic heterocycles. The van der Waals surface area contributed by atoms with Gasteiger partial charge in [-0.2, -0.15) is 0 Å². The monoisotopic (exact) mass is 191 g/mol. The van der Waals surface area contributed by atoms with Crippen LogP contribution in [-0.2, 0) is 7.05 Å². The van der Waals surface area contributed by atoms with Crippen LogP contribution in [0.25, 0.3) is 11.0 Å². The average molecular weight is 191 g/mol. The third-order valence-electron chi connectivity index (χ3n) is 2.40. The minimum atomic E-state index is -0.0732. The van der Waals surface area contributed by atoms with Crippen molar-refractivity contribution in [3.8, 4) is 0 Å². The lowest BCUT2D eigenvalue weighted by Gasteiger charge is -2.11. The Morgan fingerprint density at radius 1 is 1.36 bits per heavy atom. The second-order valence-corrected chi connectivity index (χ2v) is 3.59. The lowest BCUT2D eigenvalue weighted by atomic mass is 10.2. The molecule has 0 atom stereocenters. The Morgan fingerprint density at radius 3 is 2.71 bits per heavy atom. The van der Waals surface area contributed by atoms with Crippen LogP contribution in [0.5, 0.6) is 0 Å². The molecule has 0 aliphatic rings. The van der Waals surface area contributed by atoms with Gasteiger partial charge in [0.05, 0.1) is 11.0 Å². The molecule has 1 aromatic heterocycles. The fourth-order valence-electron chi connectivity index (χ4n) is 1.50. The average Bonchev–Trinajstić information content (AvgIpc) is 2.42. The molecule has 0 fully saturated rings. The van der Waals surface area contributed by atoms with Gasteiger partial charge in [0.25, 0.3) is 0 Å². The van der Waals surface area contributed by atoms with Crippen molar-refractivity contribution < 1.29 is 0 Å². The molecular formula is C10H13N3O. The van der Waals surface area contributed by atoms with E-state index in [4.69, 9.17) is 0 Å². The molecular weight excluding hydrogens is 178 g/mol. The van der Waals surface area contributed by atoms with E-state index in [1.807, 2.05) is 37.2 Å². The number of benzene rings is 1. The first-order valence-electron chi connectivity index (χ1n) is 4.45. The largest absolute Gasteiger partial charge is 0.378 e. The van der Waals surface area contributed by atoms with E-state index in [1.165, 1.54) is 0 Å². The maximum absolute atomic E-state index is 11.3. The van der Waals surface area contributed by atoms with Gasteiger partial charge in [-0.15, -0.1) is 0 Å². The summed E-state index contributed by atoms with van der Waals surface area (Å²) in [7, 11) is 5.71. The highest BCUT2D eigenvalue weighted by molar-refractivity contribution is 5.79. The minimum absolute atomic E-state index is 0.0732. The first-order chi connectivity index (χ1) is 6.59. The van der Waals surface area contributed by atoms with Crippen LogP contribution >= 0.6 is 0 Å². The molecule has 0 radical (unpaired) electrons. The summed E-state index contributed by atoms with van der Waals surface area (Å²) in [6.07, 6.45) is 0. The van der Waals surface area contributed by atoms with Crippen LogP contribution in [0, 0.1) is 0 Å². The fourth-order valence-corrected chi connectivity index (χ4v) is 1.50. The van der Waals surface area contributed by atoms with Crippen molar-refractivity contribution in [1.82, 2.24) is 9.55 Å². The number of rotatable bonds is 1. The highest BCUT2D eigenvalue weighted by Gasteiger charge is 2.03. The molecule has 1 aromatic carbocycles. The number of aromatic amines is 1. The number of nitrogens with one attached hydrogen (secondary N) is 1. The predicted octanol–water partition coefficient (Wildman–Crippen LogP) is 0.933. The lowest BCUT2D eigenvalue weighted by Crippen LogP contribution is -2.11. The highest BCUT2D eigenvalue weighted by atomic mass is 16.1. The van der Waals surface area contributed by atoms with E-state index < -0.39 is 0 Å². The lowest BCUT2D eigenvalue weighted by molar-refractivity contribution is 0.891. The molecule has 1 heterocycles. The Bertz CT molecular complexity index is 522. The smallest absolute Gasteiger partial charge is 0.326 e. The first kappa shape index (κ1) is 8.87. The quantitative estimate of drug-likeness (QED) is 0.728. The standard InChI is InChI=1S/C10H13N3O/c1-12(2)7-4-5-9-8(6-7)11-10(14)13(9)3/h4-6H,1-3H3,(H,11,14). The van der Waals surface area contributed by atoms with Crippen LogP contribution in [0.3, 0.4) is 0 Å². The Hall–Kier alpha value is -1.71. The second-order valence-electron chi connectivity index (χ2n) is 3.59. The first-order valence-corrected chi connectivity index (χ1v) is 4.45. The number of hydrogen-bond acceptors (Lipinski definition) is 2. The van der Waals surface area contributed by atoms with E-state index in [0.29, 0.717) is 0 Å². The molecule has 0 aliphatic carbocycles. The molecule has 14 heavy (non-hydrogen) atoms. The van der Waals surface area contributed by atoms with Gasteiger partial charge < -0.3 is 9.88 Å². The van der Waals surface area contributed by atoms with Gasteiger partial charge in [-0.05, 0) is 18.2 Å². The Kier molecular flexibility index (Phi) is 1.84. The summed E-state index contributed by atoms with van der Waals surface area (Å²) in [5, 5.41) is 0. The number of hydrogen-bond donors (Lipinski definition) is 1. The molecule has 1 N–H and O–H groups in total. The van der Waals surface area contributed by atoms with Crippen molar-refractivity contribution in [3.63, 3.8) is 0 Å². The van der Waals surface area contributed by atoms with Crippen molar-refractivity contribution in [3.05, 3.63) is 28.7 Å². The van der Waals surface area contributed by atoms with Crippen LogP contribution < -0.4 is 10.6 Å². The molecule has 0 saturated carbocycles. The van der Waals surface area contributed by atoms with E-state index >= 15 is 0 Å². The van der Waals surface area contributed by atoms with E-state index in [2.05, 4.69) is 4.98 Å². The van der Waals surface area contributed by atoms with E-state index in [1.54, 1.807) is 11.6 Å². The van der Waals surface area contributed by atoms with Crippen molar-refractivity contribution in [1.29, 1.82) is 0 Å². The van der Waals surface area contributed by atoms with Gasteiger partial charge in [0.1, 0.15) is 0 Å².